The number of anilines is 1. The van der Waals surface area contributed by atoms with Crippen molar-refractivity contribution in [3.8, 4) is 0 Å². The molecule has 0 atom stereocenters. The largest absolute Gasteiger partial charge is 0.355 e. The van der Waals surface area contributed by atoms with Crippen molar-refractivity contribution in [1.29, 1.82) is 0 Å². The second-order valence-electron chi connectivity index (χ2n) is 9.32. The first-order chi connectivity index (χ1) is 17.2. The molecule has 0 radical (unpaired) electrons. The van der Waals surface area contributed by atoms with Gasteiger partial charge in [0.2, 0.25) is 5.95 Å². The summed E-state index contributed by atoms with van der Waals surface area (Å²) in [7, 11) is 0. The number of nitrogens with zero attached hydrogens (tertiary/aromatic N) is 4. The quantitative estimate of drug-likeness (QED) is 0.418. The average molecular weight is 468 g/mol. The molecule has 0 unspecified atom stereocenters. The number of halogens is 1. The van der Waals surface area contributed by atoms with Crippen LogP contribution in [0, 0.1) is 11.9 Å². The van der Waals surface area contributed by atoms with Gasteiger partial charge in [0, 0.05) is 24.6 Å². The summed E-state index contributed by atoms with van der Waals surface area (Å²) in [4.78, 5) is 22.9. The van der Waals surface area contributed by atoms with E-state index < -0.39 is 0 Å². The van der Waals surface area contributed by atoms with E-state index in [0.717, 1.165) is 85.3 Å². The van der Waals surface area contributed by atoms with Gasteiger partial charge in [0.05, 0.1) is 29.0 Å². The monoisotopic (exact) mass is 467 g/mol. The number of rotatable bonds is 4. The van der Waals surface area contributed by atoms with Crippen LogP contribution in [0.5, 0.6) is 0 Å². The number of aromatic nitrogens is 4. The number of carbonyl (C=O) groups is 1. The van der Waals surface area contributed by atoms with E-state index >= 15 is 0 Å². The van der Waals surface area contributed by atoms with E-state index in [2.05, 4.69) is 27.2 Å². The molecule has 1 aliphatic heterocycles. The smallest absolute Gasteiger partial charge is 0.217 e. The number of H-pyrrole nitrogens is 1. The number of aromatic amines is 1. The SMILES string of the molecule is O=CC1CCN(c2cnc(C3=C(c4ccccc4)CCCc4c3ccc3n[nH]c(F)c43)cn2)CC1. The first-order valence-corrected chi connectivity index (χ1v) is 12.2. The minimum Gasteiger partial charge on any atom is -0.355 e. The maximum atomic E-state index is 14.7. The molecule has 0 spiro atoms. The Morgan fingerprint density at radius 3 is 2.57 bits per heavy atom. The number of fused-ring (bicyclic) bond motifs is 3. The predicted octanol–water partition coefficient (Wildman–Crippen LogP) is 5.20. The maximum absolute atomic E-state index is 14.7. The zero-order valence-electron chi connectivity index (χ0n) is 19.4. The summed E-state index contributed by atoms with van der Waals surface area (Å²) in [5.41, 5.74) is 6.72. The normalized spacial score (nSPS) is 16.9. The molecule has 2 aromatic carbocycles. The molecule has 6 nitrogen and oxygen atoms in total. The van der Waals surface area contributed by atoms with E-state index in [-0.39, 0.29) is 11.9 Å². The number of aryl methyl sites for hydroxylation is 1. The Labute approximate surface area is 202 Å². The lowest BCUT2D eigenvalue weighted by Gasteiger charge is -2.30. The Bertz CT molecular complexity index is 1400. The van der Waals surface area contributed by atoms with Crippen molar-refractivity contribution in [2.24, 2.45) is 5.92 Å². The van der Waals surface area contributed by atoms with E-state index in [4.69, 9.17) is 9.97 Å². The van der Waals surface area contributed by atoms with Crippen molar-refractivity contribution in [2.45, 2.75) is 32.1 Å². The van der Waals surface area contributed by atoms with Crippen molar-refractivity contribution >= 4 is 34.2 Å². The Morgan fingerprint density at radius 1 is 1.00 bits per heavy atom. The first-order valence-electron chi connectivity index (χ1n) is 12.2. The number of hydrogen-bond acceptors (Lipinski definition) is 5. The van der Waals surface area contributed by atoms with Gasteiger partial charge in [0.25, 0.3) is 0 Å². The number of aldehydes is 1. The molecular weight excluding hydrogens is 441 g/mol. The Morgan fingerprint density at radius 2 is 1.83 bits per heavy atom. The number of allylic oxidation sites excluding steroid dienone is 1. The van der Waals surface area contributed by atoms with Crippen LogP contribution in [0.3, 0.4) is 0 Å². The number of benzene rings is 2. The molecule has 2 aromatic heterocycles. The molecule has 1 aliphatic carbocycles. The van der Waals surface area contributed by atoms with E-state index in [1.54, 1.807) is 0 Å². The highest BCUT2D eigenvalue weighted by atomic mass is 19.1. The third-order valence-electron chi connectivity index (χ3n) is 7.28. The summed E-state index contributed by atoms with van der Waals surface area (Å²) in [6.45, 7) is 1.60. The third kappa shape index (κ3) is 3.91. The standard InChI is InChI=1S/C28H26FN5O/c29-28-27-21-8-4-7-20(19-5-2-1-3-6-19)26(22(21)9-10-23(27)32-33-28)24-15-31-25(16-30-24)34-13-11-18(17-35)12-14-34/h1-3,5-6,9-10,15-18H,4,7-8,11-14H2,(H,32,33). The van der Waals surface area contributed by atoms with Gasteiger partial charge in [-0.2, -0.15) is 9.49 Å². The molecule has 0 bridgehead atoms. The van der Waals surface area contributed by atoms with E-state index in [9.17, 15) is 9.18 Å². The van der Waals surface area contributed by atoms with Gasteiger partial charge in [-0.25, -0.2) is 4.98 Å². The Balaban J connectivity index is 1.48. The summed E-state index contributed by atoms with van der Waals surface area (Å²) in [6, 6.07) is 14.3. The minimum absolute atomic E-state index is 0.139. The molecule has 6 rings (SSSR count). The van der Waals surface area contributed by atoms with Gasteiger partial charge < -0.3 is 9.69 Å². The van der Waals surface area contributed by atoms with Crippen molar-refractivity contribution in [3.63, 3.8) is 0 Å². The molecule has 4 aromatic rings. The zero-order chi connectivity index (χ0) is 23.8. The highest BCUT2D eigenvalue weighted by molar-refractivity contribution is 6.02. The average Bonchev–Trinajstić information content (AvgIpc) is 3.19. The van der Waals surface area contributed by atoms with Crippen molar-refractivity contribution in [2.75, 3.05) is 18.0 Å². The van der Waals surface area contributed by atoms with E-state index in [1.165, 1.54) is 5.57 Å². The van der Waals surface area contributed by atoms with Crippen LogP contribution in [0.2, 0.25) is 0 Å². The molecule has 1 fully saturated rings. The number of hydrogen-bond donors (Lipinski definition) is 1. The molecule has 1 saturated heterocycles. The summed E-state index contributed by atoms with van der Waals surface area (Å²) in [5, 5.41) is 7.21. The van der Waals surface area contributed by atoms with Crippen molar-refractivity contribution in [3.05, 3.63) is 83.2 Å². The molecule has 0 saturated carbocycles. The van der Waals surface area contributed by atoms with Crippen LogP contribution in [-0.2, 0) is 11.2 Å². The van der Waals surface area contributed by atoms with Crippen LogP contribution in [-0.4, -0.2) is 39.5 Å². The van der Waals surface area contributed by atoms with Gasteiger partial charge >= 0.3 is 0 Å². The third-order valence-corrected chi connectivity index (χ3v) is 7.28. The summed E-state index contributed by atoms with van der Waals surface area (Å²) in [6.07, 6.45) is 8.94. The fourth-order valence-corrected chi connectivity index (χ4v) is 5.46. The fourth-order valence-electron chi connectivity index (χ4n) is 5.46. The minimum atomic E-state index is -0.389. The molecule has 7 heteroatoms. The number of piperidine rings is 1. The molecule has 0 amide bonds. The lowest BCUT2D eigenvalue weighted by molar-refractivity contribution is -0.111. The fraction of sp³-hybridized carbons (Fsp3) is 0.286. The van der Waals surface area contributed by atoms with Gasteiger partial charge in [-0.15, -0.1) is 0 Å². The molecule has 176 valence electrons. The molecular formula is C28H26FN5O. The van der Waals surface area contributed by atoms with Gasteiger partial charge in [0.15, 0.2) is 0 Å². The Hall–Kier alpha value is -3.87. The van der Waals surface area contributed by atoms with Gasteiger partial charge in [0.1, 0.15) is 12.1 Å². The van der Waals surface area contributed by atoms with Crippen LogP contribution < -0.4 is 4.90 Å². The highest BCUT2D eigenvalue weighted by Gasteiger charge is 2.25. The number of nitrogens with one attached hydrogen (secondary N) is 1. The maximum Gasteiger partial charge on any atom is 0.217 e. The molecule has 1 N–H and O–H groups in total. The molecule has 2 aliphatic rings. The zero-order valence-corrected chi connectivity index (χ0v) is 19.4. The van der Waals surface area contributed by atoms with E-state index in [0.29, 0.717) is 10.9 Å². The van der Waals surface area contributed by atoms with Crippen LogP contribution in [0.4, 0.5) is 10.2 Å². The summed E-state index contributed by atoms with van der Waals surface area (Å²) < 4.78 is 14.7. The van der Waals surface area contributed by atoms with Crippen LogP contribution >= 0.6 is 0 Å². The first kappa shape index (κ1) is 21.6. The lowest BCUT2D eigenvalue weighted by Crippen LogP contribution is -2.34. The molecule has 35 heavy (non-hydrogen) atoms. The predicted molar refractivity (Wildman–Crippen MR) is 134 cm³/mol. The lowest BCUT2D eigenvalue weighted by atomic mass is 9.89. The van der Waals surface area contributed by atoms with Crippen LogP contribution in [0.25, 0.3) is 22.0 Å². The molecule has 3 heterocycles. The second-order valence-corrected chi connectivity index (χ2v) is 9.32. The summed E-state index contributed by atoms with van der Waals surface area (Å²) >= 11 is 0. The van der Waals surface area contributed by atoms with Gasteiger partial charge in [-0.1, -0.05) is 36.4 Å². The van der Waals surface area contributed by atoms with Crippen molar-refractivity contribution in [1.82, 2.24) is 20.2 Å². The number of carbonyl (C=O) groups excluding carboxylic acids is 1. The highest BCUT2D eigenvalue weighted by Crippen LogP contribution is 2.41. The van der Waals surface area contributed by atoms with Crippen LogP contribution in [0.15, 0.2) is 54.9 Å². The van der Waals surface area contributed by atoms with E-state index in [1.807, 2.05) is 42.7 Å². The van der Waals surface area contributed by atoms with Crippen LogP contribution in [0.1, 0.15) is 48.1 Å². The Kier molecular flexibility index (Phi) is 5.60. The van der Waals surface area contributed by atoms with Crippen molar-refractivity contribution < 1.29 is 9.18 Å². The van der Waals surface area contributed by atoms with Gasteiger partial charge in [-0.05, 0) is 60.4 Å². The summed E-state index contributed by atoms with van der Waals surface area (Å²) in [5.74, 6) is 0.573. The van der Waals surface area contributed by atoms with Gasteiger partial charge in [-0.3, -0.25) is 10.1 Å². The second kappa shape index (κ2) is 9.06. The topological polar surface area (TPSA) is 74.8 Å².